The Hall–Kier alpha value is -1.55. The van der Waals surface area contributed by atoms with Crippen molar-refractivity contribution in [1.29, 1.82) is 0 Å². The number of amides is 1. The number of para-hydroxylation sites is 1. The molecule has 1 aliphatic heterocycles. The average Bonchev–Trinajstić information content (AvgIpc) is 2.47. The third-order valence-electron chi connectivity index (χ3n) is 4.10. The predicted molar refractivity (Wildman–Crippen MR) is 80.7 cm³/mol. The van der Waals surface area contributed by atoms with Gasteiger partial charge >= 0.3 is 0 Å². The highest BCUT2D eigenvalue weighted by atomic mass is 16.3. The summed E-state index contributed by atoms with van der Waals surface area (Å²) in [4.78, 5) is 14.4. The van der Waals surface area contributed by atoms with Gasteiger partial charge in [0.2, 0.25) is 5.91 Å². The number of benzene rings is 1. The molecule has 3 atom stereocenters. The van der Waals surface area contributed by atoms with Crippen molar-refractivity contribution in [2.75, 3.05) is 11.4 Å². The second-order valence-electron chi connectivity index (χ2n) is 5.55. The quantitative estimate of drug-likeness (QED) is 0.886. The van der Waals surface area contributed by atoms with E-state index in [0.29, 0.717) is 13.0 Å². The molecule has 0 saturated carbocycles. The zero-order valence-corrected chi connectivity index (χ0v) is 12.5. The lowest BCUT2D eigenvalue weighted by atomic mass is 9.97. The summed E-state index contributed by atoms with van der Waals surface area (Å²) in [5.74, 6) is 0.0468. The summed E-state index contributed by atoms with van der Waals surface area (Å²) in [6.07, 6.45) is 1.17. The van der Waals surface area contributed by atoms with E-state index in [-0.39, 0.29) is 18.0 Å². The van der Waals surface area contributed by atoms with Gasteiger partial charge in [-0.15, -0.1) is 0 Å². The summed E-state index contributed by atoms with van der Waals surface area (Å²) in [6, 6.07) is 7.75. The summed E-state index contributed by atoms with van der Waals surface area (Å²) in [5, 5.41) is 13.1. The van der Waals surface area contributed by atoms with Crippen LogP contribution in [0.4, 0.5) is 5.69 Å². The molecule has 110 valence electrons. The number of carbonyl (C=O) groups excluding carboxylic acids is 1. The summed E-state index contributed by atoms with van der Waals surface area (Å²) in [5.41, 5.74) is 1.89. The van der Waals surface area contributed by atoms with Gasteiger partial charge in [0.25, 0.3) is 0 Å². The van der Waals surface area contributed by atoms with Gasteiger partial charge in [0.1, 0.15) is 6.04 Å². The number of aliphatic hydroxyl groups excluding tert-OH is 1. The van der Waals surface area contributed by atoms with Crippen LogP contribution < -0.4 is 10.2 Å². The molecule has 0 bridgehead atoms. The summed E-state index contributed by atoms with van der Waals surface area (Å²) < 4.78 is 0. The third-order valence-corrected chi connectivity index (χ3v) is 4.10. The highest BCUT2D eigenvalue weighted by Crippen LogP contribution is 2.34. The van der Waals surface area contributed by atoms with Crippen LogP contribution in [-0.4, -0.2) is 29.6 Å². The fourth-order valence-electron chi connectivity index (χ4n) is 2.58. The lowest BCUT2D eigenvalue weighted by molar-refractivity contribution is -0.122. The van der Waals surface area contributed by atoms with E-state index in [1.807, 2.05) is 38.1 Å². The maximum absolute atomic E-state index is 12.3. The van der Waals surface area contributed by atoms with Gasteiger partial charge < -0.3 is 15.3 Å². The van der Waals surface area contributed by atoms with Crippen molar-refractivity contribution in [3.05, 3.63) is 29.8 Å². The van der Waals surface area contributed by atoms with Crippen LogP contribution in [0.2, 0.25) is 0 Å². The third kappa shape index (κ3) is 2.96. The zero-order valence-electron chi connectivity index (χ0n) is 12.5. The SMILES string of the molecule is CCC(C)NC(=O)C(C)N1CCC(O)c2ccccc21. The van der Waals surface area contributed by atoms with Crippen molar-refractivity contribution in [2.45, 2.75) is 51.8 Å². The van der Waals surface area contributed by atoms with E-state index in [9.17, 15) is 9.90 Å². The molecule has 1 amide bonds. The minimum Gasteiger partial charge on any atom is -0.388 e. The smallest absolute Gasteiger partial charge is 0.242 e. The first-order chi connectivity index (χ1) is 9.54. The lowest BCUT2D eigenvalue weighted by Crippen LogP contribution is -2.49. The number of carbonyl (C=O) groups is 1. The second kappa shape index (κ2) is 6.27. The first-order valence-corrected chi connectivity index (χ1v) is 7.38. The summed E-state index contributed by atoms with van der Waals surface area (Å²) >= 11 is 0. The molecule has 1 aromatic carbocycles. The number of anilines is 1. The Labute approximate surface area is 120 Å². The van der Waals surface area contributed by atoms with E-state index in [1.54, 1.807) is 0 Å². The molecule has 0 aliphatic carbocycles. The predicted octanol–water partition coefficient (Wildman–Crippen LogP) is 2.23. The maximum Gasteiger partial charge on any atom is 0.242 e. The molecule has 1 aliphatic rings. The zero-order chi connectivity index (χ0) is 14.7. The van der Waals surface area contributed by atoms with Crippen molar-refractivity contribution in [1.82, 2.24) is 5.32 Å². The largest absolute Gasteiger partial charge is 0.388 e. The van der Waals surface area contributed by atoms with Gasteiger partial charge in [-0.25, -0.2) is 0 Å². The Bertz CT molecular complexity index is 475. The number of aliphatic hydroxyl groups is 1. The normalized spacial score (nSPS) is 21.0. The highest BCUT2D eigenvalue weighted by molar-refractivity contribution is 5.85. The van der Waals surface area contributed by atoms with Crippen LogP contribution in [0.25, 0.3) is 0 Å². The van der Waals surface area contributed by atoms with Crippen molar-refractivity contribution in [3.63, 3.8) is 0 Å². The van der Waals surface area contributed by atoms with Gasteiger partial charge in [-0.1, -0.05) is 25.1 Å². The topological polar surface area (TPSA) is 52.6 Å². The van der Waals surface area contributed by atoms with Gasteiger partial charge in [-0.3, -0.25) is 4.79 Å². The van der Waals surface area contributed by atoms with Crippen LogP contribution in [0.3, 0.4) is 0 Å². The Morgan fingerprint density at radius 3 is 2.85 bits per heavy atom. The van der Waals surface area contributed by atoms with Crippen LogP contribution in [0.5, 0.6) is 0 Å². The molecule has 0 spiro atoms. The van der Waals surface area contributed by atoms with Crippen LogP contribution in [-0.2, 0) is 4.79 Å². The fraction of sp³-hybridized carbons (Fsp3) is 0.562. The molecule has 0 fully saturated rings. The molecule has 4 nitrogen and oxygen atoms in total. The Morgan fingerprint density at radius 2 is 2.15 bits per heavy atom. The molecule has 1 aromatic rings. The van der Waals surface area contributed by atoms with E-state index >= 15 is 0 Å². The molecule has 2 N–H and O–H groups in total. The number of nitrogens with one attached hydrogen (secondary N) is 1. The van der Waals surface area contributed by atoms with E-state index in [0.717, 1.165) is 17.7 Å². The minimum atomic E-state index is -0.424. The van der Waals surface area contributed by atoms with Crippen molar-refractivity contribution in [2.24, 2.45) is 0 Å². The summed E-state index contributed by atoms with van der Waals surface area (Å²) in [6.45, 7) is 6.69. The van der Waals surface area contributed by atoms with Gasteiger partial charge in [-0.05, 0) is 32.8 Å². The maximum atomic E-state index is 12.3. The minimum absolute atomic E-state index is 0.0468. The number of fused-ring (bicyclic) bond motifs is 1. The van der Waals surface area contributed by atoms with Crippen LogP contribution in [0, 0.1) is 0 Å². The van der Waals surface area contributed by atoms with Crippen molar-refractivity contribution in [3.8, 4) is 0 Å². The van der Waals surface area contributed by atoms with Gasteiger partial charge in [0, 0.05) is 23.8 Å². The molecular weight excluding hydrogens is 252 g/mol. The van der Waals surface area contributed by atoms with Gasteiger partial charge in [-0.2, -0.15) is 0 Å². The molecule has 4 heteroatoms. The summed E-state index contributed by atoms with van der Waals surface area (Å²) in [7, 11) is 0. The lowest BCUT2D eigenvalue weighted by Gasteiger charge is -2.37. The number of rotatable bonds is 4. The molecule has 20 heavy (non-hydrogen) atoms. The van der Waals surface area contributed by atoms with Crippen LogP contribution >= 0.6 is 0 Å². The Balaban J connectivity index is 2.17. The second-order valence-corrected chi connectivity index (χ2v) is 5.55. The fourth-order valence-corrected chi connectivity index (χ4v) is 2.58. The van der Waals surface area contributed by atoms with E-state index < -0.39 is 6.10 Å². The van der Waals surface area contributed by atoms with Crippen molar-refractivity contribution < 1.29 is 9.90 Å². The first kappa shape index (κ1) is 14.9. The molecule has 0 radical (unpaired) electrons. The number of hydrogen-bond acceptors (Lipinski definition) is 3. The molecule has 0 saturated heterocycles. The van der Waals surface area contributed by atoms with E-state index in [1.165, 1.54) is 0 Å². The first-order valence-electron chi connectivity index (χ1n) is 7.38. The molecular formula is C16H24N2O2. The number of nitrogens with zero attached hydrogens (tertiary/aromatic N) is 1. The standard InChI is InChI=1S/C16H24N2O2/c1-4-11(2)17-16(20)12(3)18-10-9-15(19)13-7-5-6-8-14(13)18/h5-8,11-12,15,19H,4,9-10H2,1-3H3,(H,17,20). The van der Waals surface area contributed by atoms with Gasteiger partial charge in [0.05, 0.1) is 6.10 Å². The van der Waals surface area contributed by atoms with Crippen molar-refractivity contribution >= 4 is 11.6 Å². The molecule has 1 heterocycles. The van der Waals surface area contributed by atoms with E-state index in [2.05, 4.69) is 17.1 Å². The molecule has 3 unspecified atom stereocenters. The van der Waals surface area contributed by atoms with Crippen LogP contribution in [0.15, 0.2) is 24.3 Å². The Morgan fingerprint density at radius 1 is 1.45 bits per heavy atom. The monoisotopic (exact) mass is 276 g/mol. The molecule has 2 rings (SSSR count). The highest BCUT2D eigenvalue weighted by Gasteiger charge is 2.29. The van der Waals surface area contributed by atoms with E-state index in [4.69, 9.17) is 0 Å². The Kier molecular flexibility index (Phi) is 4.65. The average molecular weight is 276 g/mol. The number of hydrogen-bond donors (Lipinski definition) is 2. The molecule has 0 aromatic heterocycles. The van der Waals surface area contributed by atoms with Gasteiger partial charge in [0.15, 0.2) is 0 Å². The van der Waals surface area contributed by atoms with Crippen LogP contribution in [0.1, 0.15) is 45.3 Å².